The maximum absolute atomic E-state index is 8.60. The fourth-order valence-electron chi connectivity index (χ4n) is 1.47. The van der Waals surface area contributed by atoms with Crippen molar-refractivity contribution in [2.24, 2.45) is 0 Å². The Morgan fingerprint density at radius 3 is 2.00 bits per heavy atom. The summed E-state index contributed by atoms with van der Waals surface area (Å²) in [4.78, 5) is 0. The second kappa shape index (κ2) is 10.2. The molecule has 2 N–H and O–H groups in total. The number of aliphatic hydroxyl groups is 1. The van der Waals surface area contributed by atoms with Crippen LogP contribution in [-0.2, 0) is 13.3 Å². The van der Waals surface area contributed by atoms with Crippen LogP contribution in [0.2, 0.25) is 6.04 Å². The maximum Gasteiger partial charge on any atom is 0.500 e. The Bertz CT molecular complexity index is 147. The monoisotopic (exact) mass is 251 g/mol. The number of hydrogen-bond acceptors (Lipinski definition) is 5. The van der Waals surface area contributed by atoms with Gasteiger partial charge in [-0.1, -0.05) is 0 Å². The van der Waals surface area contributed by atoms with Crippen LogP contribution < -0.4 is 5.32 Å². The van der Waals surface area contributed by atoms with E-state index in [9.17, 15) is 0 Å². The number of rotatable bonds is 11. The molecule has 5 nitrogen and oxygen atoms in total. The highest BCUT2D eigenvalue weighted by Gasteiger charge is 2.36. The van der Waals surface area contributed by atoms with E-state index in [1.807, 2.05) is 0 Å². The Morgan fingerprint density at radius 1 is 0.938 bits per heavy atom. The summed E-state index contributed by atoms with van der Waals surface area (Å²) in [6.07, 6.45) is 2.85. The molecule has 0 aromatic carbocycles. The van der Waals surface area contributed by atoms with E-state index >= 15 is 0 Å². The Kier molecular flexibility index (Phi) is 10.2. The predicted octanol–water partition coefficient (Wildman–Crippen LogP) is 0.617. The largest absolute Gasteiger partial charge is 0.500 e. The minimum Gasteiger partial charge on any atom is -0.396 e. The first-order valence-corrected chi connectivity index (χ1v) is 7.65. The lowest BCUT2D eigenvalue weighted by molar-refractivity contribution is 0.123. The van der Waals surface area contributed by atoms with E-state index in [4.69, 9.17) is 18.4 Å². The molecule has 0 aliphatic carbocycles. The molecule has 0 spiro atoms. The fourth-order valence-corrected chi connectivity index (χ4v) is 3.20. The minimum absolute atomic E-state index is 0.273. The number of nitrogens with one attached hydrogen (secondary N) is 1. The highest BCUT2D eigenvalue weighted by atomic mass is 28.4. The summed E-state index contributed by atoms with van der Waals surface area (Å²) >= 11 is 0. The van der Waals surface area contributed by atoms with Gasteiger partial charge >= 0.3 is 8.80 Å². The van der Waals surface area contributed by atoms with Gasteiger partial charge < -0.3 is 23.7 Å². The summed E-state index contributed by atoms with van der Waals surface area (Å²) in [5.74, 6) is 0. The topological polar surface area (TPSA) is 60.0 Å². The summed E-state index contributed by atoms with van der Waals surface area (Å²) < 4.78 is 15.9. The SMILES string of the molecule is CO[Si](CCCNCCCCO)(OC)OC. The first-order valence-electron chi connectivity index (χ1n) is 5.71. The van der Waals surface area contributed by atoms with Crippen LogP contribution >= 0.6 is 0 Å². The Balaban J connectivity index is 3.48. The van der Waals surface area contributed by atoms with Crippen LogP contribution in [0.1, 0.15) is 19.3 Å². The molecule has 0 radical (unpaired) electrons. The minimum atomic E-state index is -2.37. The van der Waals surface area contributed by atoms with Gasteiger partial charge in [0.05, 0.1) is 0 Å². The van der Waals surface area contributed by atoms with Crippen molar-refractivity contribution in [3.05, 3.63) is 0 Å². The van der Waals surface area contributed by atoms with E-state index in [0.717, 1.165) is 38.4 Å². The first kappa shape index (κ1) is 16.0. The summed E-state index contributed by atoms with van der Waals surface area (Å²) in [5.41, 5.74) is 0. The molecule has 0 aromatic rings. The van der Waals surface area contributed by atoms with Gasteiger partial charge in [0.2, 0.25) is 0 Å². The molecule has 16 heavy (non-hydrogen) atoms. The number of hydrogen-bond donors (Lipinski definition) is 2. The molecule has 0 atom stereocenters. The lowest BCUT2D eigenvalue weighted by Gasteiger charge is -2.24. The number of unbranched alkanes of at least 4 members (excludes halogenated alkanes) is 1. The highest BCUT2D eigenvalue weighted by Crippen LogP contribution is 2.14. The zero-order valence-corrected chi connectivity index (χ0v) is 11.6. The van der Waals surface area contributed by atoms with Gasteiger partial charge in [-0.25, -0.2) is 0 Å². The van der Waals surface area contributed by atoms with Crippen molar-refractivity contribution in [3.63, 3.8) is 0 Å². The zero-order valence-electron chi connectivity index (χ0n) is 10.6. The third-order valence-electron chi connectivity index (χ3n) is 2.53. The molecule has 0 saturated heterocycles. The third-order valence-corrected chi connectivity index (χ3v) is 5.36. The van der Waals surface area contributed by atoms with Gasteiger partial charge in [0.25, 0.3) is 0 Å². The standard InChI is InChI=1S/C10H25NO4Si/c1-13-16(14-2,15-3)10-6-8-11-7-4-5-9-12/h11-12H,4-10H2,1-3H3. The zero-order chi connectivity index (χ0) is 12.3. The van der Waals surface area contributed by atoms with E-state index < -0.39 is 8.80 Å². The molecule has 0 aliphatic heterocycles. The smallest absolute Gasteiger partial charge is 0.396 e. The number of aliphatic hydroxyl groups excluding tert-OH is 1. The molecule has 0 bridgehead atoms. The summed E-state index contributed by atoms with van der Waals surface area (Å²) in [5, 5.41) is 11.9. The van der Waals surface area contributed by atoms with Crippen molar-refractivity contribution in [2.75, 3.05) is 41.0 Å². The van der Waals surface area contributed by atoms with Gasteiger partial charge in [0, 0.05) is 34.0 Å². The average Bonchev–Trinajstić information content (AvgIpc) is 2.34. The molecule has 0 saturated carbocycles. The second-order valence-electron chi connectivity index (χ2n) is 3.58. The summed E-state index contributed by atoms with van der Waals surface area (Å²) in [7, 11) is 2.53. The van der Waals surface area contributed by atoms with Crippen LogP contribution in [0.15, 0.2) is 0 Å². The molecule has 0 fully saturated rings. The molecule has 0 heterocycles. The third kappa shape index (κ3) is 6.57. The molecular weight excluding hydrogens is 226 g/mol. The average molecular weight is 251 g/mol. The summed E-state index contributed by atoms with van der Waals surface area (Å²) in [6, 6.07) is 0.823. The Labute approximate surface area is 99.5 Å². The van der Waals surface area contributed by atoms with E-state index in [1.54, 1.807) is 21.3 Å². The van der Waals surface area contributed by atoms with Gasteiger partial charge in [-0.2, -0.15) is 0 Å². The Morgan fingerprint density at radius 2 is 1.50 bits per heavy atom. The maximum atomic E-state index is 8.60. The molecule has 0 aromatic heterocycles. The van der Waals surface area contributed by atoms with E-state index in [1.165, 1.54) is 0 Å². The van der Waals surface area contributed by atoms with Gasteiger partial charge in [0.1, 0.15) is 0 Å². The highest BCUT2D eigenvalue weighted by molar-refractivity contribution is 6.60. The first-order chi connectivity index (χ1) is 7.74. The normalized spacial score (nSPS) is 12.0. The molecule has 0 unspecified atom stereocenters. The van der Waals surface area contributed by atoms with E-state index in [-0.39, 0.29) is 6.61 Å². The lowest BCUT2D eigenvalue weighted by atomic mass is 10.3. The molecule has 6 heteroatoms. The lowest BCUT2D eigenvalue weighted by Crippen LogP contribution is -2.43. The summed E-state index contributed by atoms with van der Waals surface area (Å²) in [6.45, 7) is 2.15. The van der Waals surface area contributed by atoms with Crippen molar-refractivity contribution in [2.45, 2.75) is 25.3 Å². The van der Waals surface area contributed by atoms with Crippen LogP contribution in [0.3, 0.4) is 0 Å². The van der Waals surface area contributed by atoms with Crippen molar-refractivity contribution in [1.29, 1.82) is 0 Å². The molecular formula is C10H25NO4Si. The quantitative estimate of drug-likeness (QED) is 0.416. The van der Waals surface area contributed by atoms with E-state index in [2.05, 4.69) is 5.32 Å². The van der Waals surface area contributed by atoms with Gasteiger partial charge in [-0.3, -0.25) is 0 Å². The van der Waals surface area contributed by atoms with Crippen molar-refractivity contribution < 1.29 is 18.4 Å². The van der Waals surface area contributed by atoms with Crippen LogP contribution in [-0.4, -0.2) is 54.9 Å². The van der Waals surface area contributed by atoms with Crippen molar-refractivity contribution in [1.82, 2.24) is 5.32 Å². The predicted molar refractivity (Wildman–Crippen MR) is 65.4 cm³/mol. The van der Waals surface area contributed by atoms with Gasteiger partial charge in [0.15, 0.2) is 0 Å². The second-order valence-corrected chi connectivity index (χ2v) is 6.67. The van der Waals surface area contributed by atoms with Crippen molar-refractivity contribution >= 4 is 8.80 Å². The molecule has 0 amide bonds. The van der Waals surface area contributed by atoms with Crippen molar-refractivity contribution in [3.8, 4) is 0 Å². The van der Waals surface area contributed by atoms with Gasteiger partial charge in [-0.15, -0.1) is 0 Å². The Hall–Kier alpha value is 0.0169. The van der Waals surface area contributed by atoms with Gasteiger partial charge in [-0.05, 0) is 32.4 Å². The van der Waals surface area contributed by atoms with Crippen LogP contribution in [0.25, 0.3) is 0 Å². The molecule has 0 rings (SSSR count). The molecule has 0 aliphatic rings. The van der Waals surface area contributed by atoms with Crippen LogP contribution in [0.4, 0.5) is 0 Å². The van der Waals surface area contributed by atoms with E-state index in [0.29, 0.717) is 0 Å². The molecule has 98 valence electrons. The van der Waals surface area contributed by atoms with Crippen LogP contribution in [0, 0.1) is 0 Å². The van der Waals surface area contributed by atoms with Crippen LogP contribution in [0.5, 0.6) is 0 Å². The fraction of sp³-hybridized carbons (Fsp3) is 1.00.